The van der Waals surface area contributed by atoms with Crippen LogP contribution in [0.15, 0.2) is 6.33 Å². The van der Waals surface area contributed by atoms with Crippen molar-refractivity contribution in [3.05, 3.63) is 17.8 Å². The summed E-state index contributed by atoms with van der Waals surface area (Å²) in [6.07, 6.45) is -3.43. The minimum Gasteiger partial charge on any atom is -0.344 e. The first kappa shape index (κ1) is 14.0. The molecule has 1 aromatic rings. The van der Waals surface area contributed by atoms with E-state index >= 15 is 0 Å². The summed E-state index contributed by atoms with van der Waals surface area (Å²) in [5, 5.41) is 0. The molecular formula is C9H10ClF4N3. The zero-order valence-electron chi connectivity index (χ0n) is 8.93. The maximum atomic E-state index is 13.6. The first-order chi connectivity index (χ1) is 7.85. The predicted octanol–water partition coefficient (Wildman–Crippen LogP) is 2.53. The Hall–Kier alpha value is -1.11. The Balaban J connectivity index is 3.01. The number of halogens is 5. The summed E-state index contributed by atoms with van der Waals surface area (Å²) in [6.45, 7) is -0.0888. The number of nitrogens with zero attached hydrogens (tertiary/aromatic N) is 3. The van der Waals surface area contributed by atoms with Gasteiger partial charge in [0, 0.05) is 12.4 Å². The quantitative estimate of drug-likeness (QED) is 0.622. The smallest absolute Gasteiger partial charge is 0.344 e. The average Bonchev–Trinajstić information content (AvgIpc) is 2.19. The van der Waals surface area contributed by atoms with Gasteiger partial charge in [0.1, 0.15) is 12.9 Å². The molecule has 0 saturated carbocycles. The molecule has 17 heavy (non-hydrogen) atoms. The number of aryl methyl sites for hydroxylation is 1. The molecular weight excluding hydrogens is 262 g/mol. The molecule has 1 aromatic heterocycles. The Morgan fingerprint density at radius 2 is 2.00 bits per heavy atom. The number of hydrogen-bond donors (Lipinski definition) is 0. The van der Waals surface area contributed by atoms with Crippen molar-refractivity contribution in [2.24, 2.45) is 0 Å². The van der Waals surface area contributed by atoms with Gasteiger partial charge in [-0.15, -0.1) is 11.6 Å². The van der Waals surface area contributed by atoms with Gasteiger partial charge >= 0.3 is 6.18 Å². The van der Waals surface area contributed by atoms with Crippen LogP contribution in [-0.2, 0) is 0 Å². The first-order valence-electron chi connectivity index (χ1n) is 4.70. The summed E-state index contributed by atoms with van der Waals surface area (Å²) in [5.74, 6) is -1.30. The second-order valence-corrected chi connectivity index (χ2v) is 3.70. The monoisotopic (exact) mass is 271 g/mol. The van der Waals surface area contributed by atoms with E-state index < -0.39 is 18.5 Å². The average molecular weight is 272 g/mol. The molecule has 0 fully saturated rings. The fourth-order valence-electron chi connectivity index (χ4n) is 1.24. The lowest BCUT2D eigenvalue weighted by molar-refractivity contribution is -0.119. The Bertz CT molecular complexity index is 383. The molecule has 0 aromatic carbocycles. The predicted molar refractivity (Wildman–Crippen MR) is 55.7 cm³/mol. The Kier molecular flexibility index (Phi) is 4.50. The van der Waals surface area contributed by atoms with E-state index in [2.05, 4.69) is 9.97 Å². The molecule has 0 aliphatic rings. The minimum absolute atomic E-state index is 0.00301. The lowest BCUT2D eigenvalue weighted by Gasteiger charge is -2.24. The zero-order chi connectivity index (χ0) is 13.1. The fourth-order valence-corrected chi connectivity index (χ4v) is 1.45. The van der Waals surface area contributed by atoms with Crippen molar-refractivity contribution >= 4 is 17.4 Å². The third kappa shape index (κ3) is 3.99. The molecule has 8 heteroatoms. The second kappa shape index (κ2) is 5.48. The molecule has 0 unspecified atom stereocenters. The normalized spacial score (nSPS) is 11.6. The molecule has 0 aliphatic heterocycles. The number of rotatable bonds is 4. The highest BCUT2D eigenvalue weighted by atomic mass is 35.5. The van der Waals surface area contributed by atoms with Crippen molar-refractivity contribution in [3.63, 3.8) is 0 Å². The van der Waals surface area contributed by atoms with Crippen molar-refractivity contribution in [2.75, 3.05) is 23.9 Å². The van der Waals surface area contributed by atoms with Gasteiger partial charge in [-0.3, -0.25) is 0 Å². The van der Waals surface area contributed by atoms with E-state index in [9.17, 15) is 17.6 Å². The highest BCUT2D eigenvalue weighted by Gasteiger charge is 2.32. The van der Waals surface area contributed by atoms with Gasteiger partial charge in [-0.25, -0.2) is 14.4 Å². The third-order valence-corrected chi connectivity index (χ3v) is 2.14. The number of aromatic nitrogens is 2. The van der Waals surface area contributed by atoms with Gasteiger partial charge < -0.3 is 4.90 Å². The van der Waals surface area contributed by atoms with Crippen molar-refractivity contribution < 1.29 is 17.6 Å². The molecule has 0 N–H and O–H groups in total. The Morgan fingerprint density at radius 3 is 2.53 bits per heavy atom. The van der Waals surface area contributed by atoms with Gasteiger partial charge in [-0.2, -0.15) is 13.2 Å². The first-order valence-corrected chi connectivity index (χ1v) is 5.23. The highest BCUT2D eigenvalue weighted by molar-refractivity contribution is 6.18. The highest BCUT2D eigenvalue weighted by Crippen LogP contribution is 2.23. The van der Waals surface area contributed by atoms with E-state index in [0.717, 1.165) is 11.2 Å². The van der Waals surface area contributed by atoms with Crippen LogP contribution in [0.25, 0.3) is 0 Å². The van der Waals surface area contributed by atoms with Crippen LogP contribution in [0.5, 0.6) is 0 Å². The second-order valence-electron chi connectivity index (χ2n) is 3.32. The van der Waals surface area contributed by atoms with Crippen LogP contribution in [0.1, 0.15) is 5.69 Å². The molecule has 1 heterocycles. The number of alkyl halides is 4. The van der Waals surface area contributed by atoms with Crippen LogP contribution in [0.2, 0.25) is 0 Å². The molecule has 0 bridgehead atoms. The molecule has 0 radical (unpaired) electrons. The van der Waals surface area contributed by atoms with Crippen molar-refractivity contribution in [3.8, 4) is 0 Å². The van der Waals surface area contributed by atoms with E-state index in [1.165, 1.54) is 6.92 Å². The summed E-state index contributed by atoms with van der Waals surface area (Å²) in [7, 11) is 0. The molecule has 0 spiro atoms. The van der Waals surface area contributed by atoms with Crippen LogP contribution >= 0.6 is 11.6 Å². The van der Waals surface area contributed by atoms with Crippen LogP contribution in [-0.4, -0.2) is 35.1 Å². The largest absolute Gasteiger partial charge is 0.405 e. The van der Waals surface area contributed by atoms with E-state index in [-0.39, 0.29) is 23.9 Å². The van der Waals surface area contributed by atoms with Crippen molar-refractivity contribution in [2.45, 2.75) is 13.1 Å². The minimum atomic E-state index is -4.45. The summed E-state index contributed by atoms with van der Waals surface area (Å²) in [4.78, 5) is 7.82. The maximum Gasteiger partial charge on any atom is 0.405 e. The topological polar surface area (TPSA) is 29.0 Å². The van der Waals surface area contributed by atoms with Gasteiger partial charge in [0.15, 0.2) is 11.6 Å². The molecule has 0 saturated heterocycles. The summed E-state index contributed by atoms with van der Waals surface area (Å²) >= 11 is 5.39. The van der Waals surface area contributed by atoms with Crippen LogP contribution in [0, 0.1) is 12.7 Å². The van der Waals surface area contributed by atoms with Crippen molar-refractivity contribution in [1.29, 1.82) is 0 Å². The summed E-state index contributed by atoms with van der Waals surface area (Å²) in [6, 6.07) is 0. The summed E-state index contributed by atoms with van der Waals surface area (Å²) < 4.78 is 50.5. The Morgan fingerprint density at radius 1 is 1.35 bits per heavy atom. The molecule has 1 rings (SSSR count). The summed E-state index contributed by atoms with van der Waals surface area (Å²) in [5.41, 5.74) is -0.00301. The van der Waals surface area contributed by atoms with E-state index in [4.69, 9.17) is 11.6 Å². The van der Waals surface area contributed by atoms with E-state index in [0.29, 0.717) is 0 Å². The molecule has 3 nitrogen and oxygen atoms in total. The third-order valence-electron chi connectivity index (χ3n) is 1.97. The standard InChI is InChI=1S/C9H10ClF4N3/c1-6-7(11)8(16-5-15-6)17(3-2-10)4-9(12,13)14/h5H,2-4H2,1H3. The van der Waals surface area contributed by atoms with Gasteiger partial charge in [-0.1, -0.05) is 0 Å². The number of hydrogen-bond acceptors (Lipinski definition) is 3. The lowest BCUT2D eigenvalue weighted by Crippen LogP contribution is -2.37. The van der Waals surface area contributed by atoms with Crippen LogP contribution < -0.4 is 4.90 Å². The van der Waals surface area contributed by atoms with Gasteiger partial charge in [0.05, 0.1) is 5.69 Å². The van der Waals surface area contributed by atoms with Gasteiger partial charge in [0.25, 0.3) is 0 Å². The lowest BCUT2D eigenvalue weighted by atomic mass is 10.3. The van der Waals surface area contributed by atoms with Gasteiger partial charge in [-0.05, 0) is 6.92 Å². The molecule has 96 valence electrons. The fraction of sp³-hybridized carbons (Fsp3) is 0.556. The molecule has 0 amide bonds. The van der Waals surface area contributed by atoms with Crippen LogP contribution in [0.3, 0.4) is 0 Å². The van der Waals surface area contributed by atoms with E-state index in [1.54, 1.807) is 0 Å². The maximum absolute atomic E-state index is 13.6. The SMILES string of the molecule is Cc1ncnc(N(CCCl)CC(F)(F)F)c1F. The zero-order valence-corrected chi connectivity index (χ0v) is 9.69. The van der Waals surface area contributed by atoms with E-state index in [1.807, 2.05) is 0 Å². The van der Waals surface area contributed by atoms with Crippen molar-refractivity contribution in [1.82, 2.24) is 9.97 Å². The number of anilines is 1. The molecule has 0 aliphatic carbocycles. The van der Waals surface area contributed by atoms with Crippen LogP contribution in [0.4, 0.5) is 23.4 Å². The molecule has 0 atom stereocenters. The Labute approximate surface area is 100 Å². The van der Waals surface area contributed by atoms with Gasteiger partial charge in [0.2, 0.25) is 0 Å².